The molecule has 0 spiro atoms. The average molecular weight is 543 g/mol. The predicted octanol–water partition coefficient (Wildman–Crippen LogP) is 3.04. The highest BCUT2D eigenvalue weighted by Crippen LogP contribution is 2.35. The Morgan fingerprint density at radius 2 is 1.95 bits per heavy atom. The first-order chi connectivity index (χ1) is 18.7. The van der Waals surface area contributed by atoms with E-state index in [1.807, 2.05) is 23.1 Å². The number of hydrazine groups is 1. The van der Waals surface area contributed by atoms with Gasteiger partial charge in [0, 0.05) is 62.6 Å². The molecular formula is C30H50N6O3. The second-order valence-corrected chi connectivity index (χ2v) is 12.2. The highest BCUT2D eigenvalue weighted by atomic mass is 16.5. The molecule has 2 saturated heterocycles. The minimum absolute atomic E-state index is 0.00444. The number of piperidine rings is 1. The van der Waals surface area contributed by atoms with Crippen LogP contribution in [0, 0.1) is 17.8 Å². The lowest BCUT2D eigenvalue weighted by molar-refractivity contribution is -0.120. The molecule has 4 rings (SSSR count). The summed E-state index contributed by atoms with van der Waals surface area (Å²) in [6.07, 6.45) is 2.64. The number of likely N-dealkylation sites (N-methyl/N-ethyl adjacent to an activating group) is 1. The first kappa shape index (κ1) is 29.8. The molecule has 39 heavy (non-hydrogen) atoms. The summed E-state index contributed by atoms with van der Waals surface area (Å²) in [6.45, 7) is 16.9. The summed E-state index contributed by atoms with van der Waals surface area (Å²) in [4.78, 5) is 31.2. The second-order valence-electron chi connectivity index (χ2n) is 12.2. The molecule has 4 atom stereocenters. The van der Waals surface area contributed by atoms with Gasteiger partial charge in [0.1, 0.15) is 6.10 Å². The number of anilines is 1. The minimum atomic E-state index is -0.128. The molecule has 1 aromatic rings. The molecule has 218 valence electrons. The first-order valence-corrected chi connectivity index (χ1v) is 15.0. The van der Waals surface area contributed by atoms with Crippen LogP contribution in [-0.2, 0) is 4.79 Å². The molecule has 3 N–H and O–H groups in total. The van der Waals surface area contributed by atoms with Crippen molar-refractivity contribution in [3.8, 4) is 5.75 Å². The van der Waals surface area contributed by atoms with Crippen LogP contribution in [0.4, 0.5) is 5.69 Å². The fraction of sp³-hybridized carbons (Fsp3) is 0.733. The molecule has 0 aromatic heterocycles. The highest BCUT2D eigenvalue weighted by molar-refractivity contribution is 6.02. The lowest BCUT2D eigenvalue weighted by Crippen LogP contribution is -2.49. The van der Waals surface area contributed by atoms with E-state index in [1.165, 1.54) is 0 Å². The van der Waals surface area contributed by atoms with Gasteiger partial charge in [0.25, 0.3) is 5.91 Å². The number of rotatable bonds is 9. The van der Waals surface area contributed by atoms with Crippen LogP contribution in [0.3, 0.4) is 0 Å². The summed E-state index contributed by atoms with van der Waals surface area (Å²) in [5, 5.41) is 8.82. The number of hydrogen-bond donors (Lipinski definition) is 3. The molecule has 0 bridgehead atoms. The second kappa shape index (κ2) is 13.4. The number of ether oxygens (including phenoxy) is 1. The maximum Gasteiger partial charge on any atom is 0.257 e. The van der Waals surface area contributed by atoms with Gasteiger partial charge in [-0.1, -0.05) is 19.9 Å². The number of fused-ring (bicyclic) bond motifs is 1. The van der Waals surface area contributed by atoms with Crippen molar-refractivity contribution in [1.29, 1.82) is 0 Å². The molecule has 2 unspecified atom stereocenters. The molecule has 0 saturated carbocycles. The van der Waals surface area contributed by atoms with Crippen molar-refractivity contribution in [1.82, 2.24) is 25.6 Å². The third-order valence-electron chi connectivity index (χ3n) is 8.72. The van der Waals surface area contributed by atoms with Gasteiger partial charge in [-0.3, -0.25) is 15.0 Å². The summed E-state index contributed by atoms with van der Waals surface area (Å²) in [6, 6.07) is 6.09. The quantitative estimate of drug-likeness (QED) is 0.442. The third kappa shape index (κ3) is 7.12. The fourth-order valence-corrected chi connectivity index (χ4v) is 6.17. The summed E-state index contributed by atoms with van der Waals surface area (Å²) in [5.74, 6) is 1.09. The van der Waals surface area contributed by atoms with E-state index in [4.69, 9.17) is 4.74 Å². The molecule has 2 fully saturated rings. The first-order valence-electron chi connectivity index (χ1n) is 15.0. The predicted molar refractivity (Wildman–Crippen MR) is 156 cm³/mol. The smallest absolute Gasteiger partial charge is 0.257 e. The minimum Gasteiger partial charge on any atom is -0.486 e. The number of amides is 2. The number of nitrogens with zero attached hydrogens (tertiary/aromatic N) is 3. The van der Waals surface area contributed by atoms with E-state index < -0.39 is 0 Å². The van der Waals surface area contributed by atoms with Crippen LogP contribution in [-0.4, -0.2) is 97.7 Å². The molecule has 9 heteroatoms. The van der Waals surface area contributed by atoms with Crippen molar-refractivity contribution in [2.75, 3.05) is 58.2 Å². The average Bonchev–Trinajstić information content (AvgIpc) is 3.25. The SMILES string of the molecule is CCCN1NCC(CN(C)C[C@H]2Oc3c(NC(=O)C4CCNCC4)cccc3C(=O)N(C(C)C)C[C@@H]2C)C1C. The van der Waals surface area contributed by atoms with E-state index in [2.05, 4.69) is 67.6 Å². The standard InChI is InChI=1S/C30H50N6O3/c1-7-15-36-22(5)24(16-32-36)18-34(6)19-27-21(4)17-35(20(2)3)30(38)25-9-8-10-26(28(25)39-27)33-29(37)23-11-13-31-14-12-23/h8-10,20-24,27,31-32H,7,11-19H2,1-6H3,(H,33,37)/t21-,22?,24?,27+/m0/s1. The van der Waals surface area contributed by atoms with Gasteiger partial charge < -0.3 is 25.2 Å². The van der Waals surface area contributed by atoms with E-state index in [0.717, 1.165) is 58.5 Å². The van der Waals surface area contributed by atoms with Crippen molar-refractivity contribution in [2.45, 2.75) is 72.1 Å². The summed E-state index contributed by atoms with van der Waals surface area (Å²) >= 11 is 0. The zero-order valence-electron chi connectivity index (χ0n) is 24.8. The number of para-hydroxylation sites is 1. The van der Waals surface area contributed by atoms with Crippen LogP contribution in [0.1, 0.15) is 64.2 Å². The Morgan fingerprint density at radius 3 is 2.64 bits per heavy atom. The van der Waals surface area contributed by atoms with Crippen LogP contribution in [0.2, 0.25) is 0 Å². The Balaban J connectivity index is 1.55. The molecule has 0 aliphatic carbocycles. The van der Waals surface area contributed by atoms with Gasteiger partial charge in [-0.2, -0.15) is 0 Å². The zero-order valence-corrected chi connectivity index (χ0v) is 24.8. The van der Waals surface area contributed by atoms with Gasteiger partial charge in [0.15, 0.2) is 5.75 Å². The largest absolute Gasteiger partial charge is 0.486 e. The van der Waals surface area contributed by atoms with Crippen LogP contribution < -0.4 is 20.8 Å². The molecular weight excluding hydrogens is 492 g/mol. The number of nitrogens with one attached hydrogen (secondary N) is 3. The van der Waals surface area contributed by atoms with Crippen molar-refractivity contribution >= 4 is 17.5 Å². The number of carbonyl (C=O) groups is 2. The third-order valence-corrected chi connectivity index (χ3v) is 8.72. The Labute approximate surface area is 235 Å². The van der Waals surface area contributed by atoms with Crippen LogP contribution in [0.25, 0.3) is 0 Å². The molecule has 3 aliphatic rings. The Hall–Kier alpha value is -2.20. The number of hydrogen-bond acceptors (Lipinski definition) is 7. The van der Waals surface area contributed by atoms with Gasteiger partial charge in [0.2, 0.25) is 5.91 Å². The molecule has 9 nitrogen and oxygen atoms in total. The topological polar surface area (TPSA) is 89.2 Å². The van der Waals surface area contributed by atoms with Crippen LogP contribution in [0.5, 0.6) is 5.75 Å². The van der Waals surface area contributed by atoms with Crippen molar-refractivity contribution < 1.29 is 14.3 Å². The molecule has 3 heterocycles. The lowest BCUT2D eigenvalue weighted by Gasteiger charge is -2.38. The highest BCUT2D eigenvalue weighted by Gasteiger charge is 2.36. The molecule has 0 radical (unpaired) electrons. The lowest BCUT2D eigenvalue weighted by atomic mass is 9.96. The van der Waals surface area contributed by atoms with E-state index in [0.29, 0.717) is 35.5 Å². The van der Waals surface area contributed by atoms with E-state index in [-0.39, 0.29) is 35.8 Å². The van der Waals surface area contributed by atoms with Gasteiger partial charge >= 0.3 is 0 Å². The van der Waals surface area contributed by atoms with Gasteiger partial charge in [-0.15, -0.1) is 0 Å². The molecule has 2 amide bonds. The normalized spacial score (nSPS) is 26.9. The van der Waals surface area contributed by atoms with E-state index in [9.17, 15) is 9.59 Å². The Morgan fingerprint density at radius 1 is 1.21 bits per heavy atom. The van der Waals surface area contributed by atoms with Crippen molar-refractivity contribution in [3.63, 3.8) is 0 Å². The zero-order chi connectivity index (χ0) is 28.1. The monoisotopic (exact) mass is 542 g/mol. The van der Waals surface area contributed by atoms with E-state index >= 15 is 0 Å². The van der Waals surface area contributed by atoms with Gasteiger partial charge in [-0.25, -0.2) is 5.01 Å². The summed E-state index contributed by atoms with van der Waals surface area (Å²) < 4.78 is 6.75. The van der Waals surface area contributed by atoms with Crippen molar-refractivity contribution in [2.24, 2.45) is 17.8 Å². The molecule has 3 aliphatic heterocycles. The molecule has 1 aromatic carbocycles. The van der Waals surface area contributed by atoms with Gasteiger partial charge in [-0.05, 0) is 72.3 Å². The van der Waals surface area contributed by atoms with Crippen LogP contribution >= 0.6 is 0 Å². The fourth-order valence-electron chi connectivity index (χ4n) is 6.17. The van der Waals surface area contributed by atoms with Gasteiger partial charge in [0.05, 0.1) is 11.3 Å². The summed E-state index contributed by atoms with van der Waals surface area (Å²) in [5.41, 5.74) is 4.69. The van der Waals surface area contributed by atoms with Crippen LogP contribution in [0.15, 0.2) is 18.2 Å². The van der Waals surface area contributed by atoms with Crippen molar-refractivity contribution in [3.05, 3.63) is 23.8 Å². The Bertz CT molecular complexity index is 981. The number of carbonyl (C=O) groups excluding carboxylic acids is 2. The summed E-state index contributed by atoms with van der Waals surface area (Å²) in [7, 11) is 2.17. The number of benzene rings is 1. The van der Waals surface area contributed by atoms with E-state index in [1.54, 1.807) is 0 Å². The Kier molecular flexibility index (Phi) is 10.3. The maximum absolute atomic E-state index is 13.7. The maximum atomic E-state index is 13.7.